The number of benzene rings is 1. The Balaban J connectivity index is 1.82. The van der Waals surface area contributed by atoms with E-state index in [2.05, 4.69) is 20.5 Å². The minimum Gasteiger partial charge on any atom is -0.423 e. The fourth-order valence-corrected chi connectivity index (χ4v) is 2.25. The van der Waals surface area contributed by atoms with Crippen LogP contribution in [-0.4, -0.2) is 21.1 Å². The van der Waals surface area contributed by atoms with Gasteiger partial charge in [-0.25, -0.2) is 0 Å². The largest absolute Gasteiger partial charge is 0.423 e. The zero-order chi connectivity index (χ0) is 16.1. The number of hydrogen-bond donors (Lipinski definition) is 1. The molecule has 0 radical (unpaired) electrons. The van der Waals surface area contributed by atoms with E-state index in [-0.39, 0.29) is 11.9 Å². The summed E-state index contributed by atoms with van der Waals surface area (Å²) in [5.41, 5.74) is 1.61. The van der Waals surface area contributed by atoms with Gasteiger partial charge in [-0.15, -0.1) is 10.2 Å². The molecule has 23 heavy (non-hydrogen) atoms. The third-order valence-corrected chi connectivity index (χ3v) is 3.37. The van der Waals surface area contributed by atoms with Crippen LogP contribution in [0.3, 0.4) is 0 Å². The number of carbonyl (C=O) groups excluding carboxylic acids is 1. The van der Waals surface area contributed by atoms with E-state index in [9.17, 15) is 4.79 Å². The standard InChI is InChI=1S/C17H16N4O2/c1-12-20-21-17(23-12)15(11-13-5-3-2-4-6-13)19-16(22)14-7-9-18-10-8-14/h2-10,15H,11H2,1H3,(H,19,22). The molecule has 1 N–H and O–H groups in total. The van der Waals surface area contributed by atoms with Crippen molar-refractivity contribution in [3.05, 3.63) is 77.8 Å². The van der Waals surface area contributed by atoms with Crippen LogP contribution < -0.4 is 5.32 Å². The molecule has 3 rings (SSSR count). The lowest BCUT2D eigenvalue weighted by atomic mass is 10.1. The first-order valence-electron chi connectivity index (χ1n) is 7.27. The summed E-state index contributed by atoms with van der Waals surface area (Å²) in [4.78, 5) is 16.3. The maximum absolute atomic E-state index is 12.4. The molecule has 0 saturated carbocycles. The molecule has 0 saturated heterocycles. The number of hydrogen-bond acceptors (Lipinski definition) is 5. The molecule has 1 atom stereocenters. The lowest BCUT2D eigenvalue weighted by Gasteiger charge is -2.15. The Morgan fingerprint density at radius 1 is 1.13 bits per heavy atom. The normalized spacial score (nSPS) is 11.9. The van der Waals surface area contributed by atoms with Gasteiger partial charge >= 0.3 is 0 Å². The van der Waals surface area contributed by atoms with Gasteiger partial charge in [0.25, 0.3) is 5.91 Å². The number of nitrogens with one attached hydrogen (secondary N) is 1. The summed E-state index contributed by atoms with van der Waals surface area (Å²) in [6.45, 7) is 1.72. The molecule has 0 bridgehead atoms. The Bertz CT molecular complexity index is 772. The van der Waals surface area contributed by atoms with Gasteiger partial charge in [-0.3, -0.25) is 9.78 Å². The van der Waals surface area contributed by atoms with E-state index in [4.69, 9.17) is 4.42 Å². The second-order valence-electron chi connectivity index (χ2n) is 5.11. The van der Waals surface area contributed by atoms with Crippen molar-refractivity contribution in [1.29, 1.82) is 0 Å². The maximum Gasteiger partial charge on any atom is 0.252 e. The van der Waals surface area contributed by atoms with Crippen molar-refractivity contribution in [3.63, 3.8) is 0 Å². The lowest BCUT2D eigenvalue weighted by Crippen LogP contribution is -2.30. The summed E-state index contributed by atoms with van der Waals surface area (Å²) >= 11 is 0. The fraction of sp³-hybridized carbons (Fsp3) is 0.176. The zero-order valence-corrected chi connectivity index (χ0v) is 12.6. The van der Waals surface area contributed by atoms with Crippen molar-refractivity contribution in [3.8, 4) is 0 Å². The summed E-state index contributed by atoms with van der Waals surface area (Å²) < 4.78 is 5.51. The van der Waals surface area contributed by atoms with Gasteiger partial charge in [-0.1, -0.05) is 30.3 Å². The highest BCUT2D eigenvalue weighted by molar-refractivity contribution is 5.94. The van der Waals surface area contributed by atoms with Gasteiger partial charge in [-0.2, -0.15) is 0 Å². The zero-order valence-electron chi connectivity index (χ0n) is 12.6. The van der Waals surface area contributed by atoms with E-state index in [0.717, 1.165) is 5.56 Å². The molecule has 0 spiro atoms. The van der Waals surface area contributed by atoms with Gasteiger partial charge in [0.05, 0.1) is 0 Å². The van der Waals surface area contributed by atoms with E-state index in [1.54, 1.807) is 31.5 Å². The molecule has 6 heteroatoms. The van der Waals surface area contributed by atoms with E-state index in [1.807, 2.05) is 30.3 Å². The molecular formula is C17H16N4O2. The van der Waals surface area contributed by atoms with Crippen LogP contribution in [0.4, 0.5) is 0 Å². The van der Waals surface area contributed by atoms with Crippen LogP contribution in [-0.2, 0) is 6.42 Å². The SMILES string of the molecule is Cc1nnc(C(Cc2ccccc2)NC(=O)c2ccncc2)o1. The van der Waals surface area contributed by atoms with Crippen LogP contribution >= 0.6 is 0 Å². The molecule has 2 heterocycles. The number of rotatable bonds is 5. The average molecular weight is 308 g/mol. The maximum atomic E-state index is 12.4. The van der Waals surface area contributed by atoms with Crippen LogP contribution in [0.2, 0.25) is 0 Å². The lowest BCUT2D eigenvalue weighted by molar-refractivity contribution is 0.0929. The summed E-state index contributed by atoms with van der Waals surface area (Å²) in [7, 11) is 0. The first-order chi connectivity index (χ1) is 11.2. The van der Waals surface area contributed by atoms with Gasteiger partial charge in [-0.05, 0) is 17.7 Å². The first-order valence-corrected chi connectivity index (χ1v) is 7.27. The van der Waals surface area contributed by atoms with Gasteiger partial charge in [0, 0.05) is 31.3 Å². The number of pyridine rings is 1. The van der Waals surface area contributed by atoms with Crippen molar-refractivity contribution in [1.82, 2.24) is 20.5 Å². The van der Waals surface area contributed by atoms with Crippen molar-refractivity contribution >= 4 is 5.91 Å². The minimum absolute atomic E-state index is 0.204. The highest BCUT2D eigenvalue weighted by Gasteiger charge is 2.21. The second-order valence-corrected chi connectivity index (χ2v) is 5.11. The fourth-order valence-electron chi connectivity index (χ4n) is 2.25. The minimum atomic E-state index is -0.390. The smallest absolute Gasteiger partial charge is 0.252 e. The first kappa shape index (κ1) is 14.9. The summed E-state index contributed by atoms with van der Waals surface area (Å²) in [5, 5.41) is 10.8. The molecular weight excluding hydrogens is 292 g/mol. The van der Waals surface area contributed by atoms with Gasteiger partial charge in [0.2, 0.25) is 11.8 Å². The molecule has 1 aromatic carbocycles. The molecule has 6 nitrogen and oxygen atoms in total. The molecule has 2 aromatic heterocycles. The Kier molecular flexibility index (Phi) is 4.42. The van der Waals surface area contributed by atoms with Crippen LogP contribution in [0.25, 0.3) is 0 Å². The van der Waals surface area contributed by atoms with Crippen molar-refractivity contribution < 1.29 is 9.21 Å². The third-order valence-electron chi connectivity index (χ3n) is 3.37. The highest BCUT2D eigenvalue weighted by atomic mass is 16.4. The molecule has 0 fully saturated rings. The Hall–Kier alpha value is -3.02. The van der Waals surface area contributed by atoms with Crippen LogP contribution in [0.15, 0.2) is 59.3 Å². The van der Waals surface area contributed by atoms with E-state index in [1.165, 1.54) is 0 Å². The molecule has 116 valence electrons. The average Bonchev–Trinajstić information content (AvgIpc) is 3.02. The topological polar surface area (TPSA) is 80.9 Å². The van der Waals surface area contributed by atoms with Crippen LogP contribution in [0.5, 0.6) is 0 Å². The number of aromatic nitrogens is 3. The molecule has 1 unspecified atom stereocenters. The summed E-state index contributed by atoms with van der Waals surface area (Å²) in [5.74, 6) is 0.661. The monoisotopic (exact) mass is 308 g/mol. The van der Waals surface area contributed by atoms with Gasteiger partial charge in [0.1, 0.15) is 6.04 Å². The van der Waals surface area contributed by atoms with E-state index >= 15 is 0 Å². The highest BCUT2D eigenvalue weighted by Crippen LogP contribution is 2.18. The van der Waals surface area contributed by atoms with Gasteiger partial charge in [0.15, 0.2) is 0 Å². The van der Waals surface area contributed by atoms with E-state index in [0.29, 0.717) is 23.8 Å². The number of aryl methyl sites for hydroxylation is 1. The predicted octanol–water partition coefficient (Wildman–Crippen LogP) is 2.49. The Morgan fingerprint density at radius 2 is 1.87 bits per heavy atom. The number of amides is 1. The molecule has 1 amide bonds. The molecule has 0 aliphatic carbocycles. The molecule has 0 aliphatic rings. The summed E-state index contributed by atoms with van der Waals surface area (Å²) in [6.07, 6.45) is 3.73. The summed E-state index contributed by atoms with van der Waals surface area (Å²) in [6, 6.07) is 12.8. The van der Waals surface area contributed by atoms with Crippen LogP contribution in [0, 0.1) is 6.92 Å². The number of carbonyl (C=O) groups is 1. The van der Waals surface area contributed by atoms with Crippen molar-refractivity contribution in [2.24, 2.45) is 0 Å². The number of nitrogens with zero attached hydrogens (tertiary/aromatic N) is 3. The second kappa shape index (κ2) is 6.83. The third kappa shape index (κ3) is 3.79. The quantitative estimate of drug-likeness (QED) is 0.783. The van der Waals surface area contributed by atoms with Crippen LogP contribution in [0.1, 0.15) is 33.7 Å². The molecule has 3 aromatic rings. The Morgan fingerprint density at radius 3 is 2.52 bits per heavy atom. The van der Waals surface area contributed by atoms with Gasteiger partial charge < -0.3 is 9.73 Å². The van der Waals surface area contributed by atoms with Crippen molar-refractivity contribution in [2.75, 3.05) is 0 Å². The van der Waals surface area contributed by atoms with Crippen molar-refractivity contribution in [2.45, 2.75) is 19.4 Å². The predicted molar refractivity (Wildman–Crippen MR) is 83.6 cm³/mol. The van der Waals surface area contributed by atoms with E-state index < -0.39 is 0 Å². The molecule has 0 aliphatic heterocycles. The Labute approximate surface area is 133 Å².